The molecule has 0 aliphatic rings. The van der Waals surface area contributed by atoms with Gasteiger partial charge < -0.3 is 11.1 Å². The Labute approximate surface area is 112 Å². The molecular weight excluding hydrogens is 238 g/mol. The normalized spacial score (nSPS) is 10.2. The molecule has 0 saturated carbocycles. The number of carbonyl (C=O) groups excluding carboxylic acids is 1. The van der Waals surface area contributed by atoms with Crippen LogP contribution in [0.5, 0.6) is 0 Å². The minimum atomic E-state index is -0.0755. The van der Waals surface area contributed by atoms with Gasteiger partial charge in [-0.1, -0.05) is 6.07 Å². The number of nitrogens with one attached hydrogen (secondary N) is 1. The molecule has 1 amide bonds. The van der Waals surface area contributed by atoms with Crippen LogP contribution in [0.25, 0.3) is 0 Å². The topological polar surface area (TPSA) is 68.0 Å². The predicted molar refractivity (Wildman–Crippen MR) is 75.9 cm³/mol. The van der Waals surface area contributed by atoms with E-state index >= 15 is 0 Å². The Morgan fingerprint density at radius 2 is 2.16 bits per heavy atom. The van der Waals surface area contributed by atoms with Crippen LogP contribution in [0, 0.1) is 6.92 Å². The van der Waals surface area contributed by atoms with Gasteiger partial charge in [0, 0.05) is 36.1 Å². The van der Waals surface area contributed by atoms with Crippen molar-refractivity contribution in [1.82, 2.24) is 10.3 Å². The molecule has 0 fully saturated rings. The number of aryl methyl sites for hydroxylation is 1. The summed E-state index contributed by atoms with van der Waals surface area (Å²) >= 11 is 0. The fraction of sp³-hybridized carbons (Fsp3) is 0.200. The number of nitrogens with zero attached hydrogens (tertiary/aromatic N) is 1. The van der Waals surface area contributed by atoms with Crippen LogP contribution in [0.15, 0.2) is 42.6 Å². The van der Waals surface area contributed by atoms with Crippen LogP contribution in [0.4, 0.5) is 5.69 Å². The Morgan fingerprint density at radius 1 is 1.32 bits per heavy atom. The summed E-state index contributed by atoms with van der Waals surface area (Å²) in [6.45, 7) is 2.45. The van der Waals surface area contributed by atoms with E-state index in [1.165, 1.54) is 0 Å². The number of rotatable bonds is 4. The summed E-state index contributed by atoms with van der Waals surface area (Å²) in [4.78, 5) is 16.2. The molecule has 1 aromatic heterocycles. The first kappa shape index (κ1) is 13.1. The van der Waals surface area contributed by atoms with Crippen LogP contribution in [0.2, 0.25) is 0 Å². The van der Waals surface area contributed by atoms with E-state index in [4.69, 9.17) is 5.73 Å². The molecule has 98 valence electrons. The van der Waals surface area contributed by atoms with Crippen LogP contribution in [-0.4, -0.2) is 17.4 Å². The van der Waals surface area contributed by atoms with Crippen LogP contribution < -0.4 is 11.1 Å². The van der Waals surface area contributed by atoms with Gasteiger partial charge in [-0.2, -0.15) is 0 Å². The first-order chi connectivity index (χ1) is 9.16. The van der Waals surface area contributed by atoms with E-state index in [2.05, 4.69) is 10.3 Å². The van der Waals surface area contributed by atoms with E-state index in [1.807, 2.05) is 25.1 Å². The SMILES string of the molecule is Cc1cc(N)ccc1C(=O)NCCc1ccccn1. The van der Waals surface area contributed by atoms with Gasteiger partial charge in [-0.05, 0) is 42.8 Å². The summed E-state index contributed by atoms with van der Waals surface area (Å²) in [5.74, 6) is -0.0755. The Morgan fingerprint density at radius 3 is 2.84 bits per heavy atom. The highest BCUT2D eigenvalue weighted by Crippen LogP contribution is 2.12. The minimum Gasteiger partial charge on any atom is -0.399 e. The molecule has 2 aromatic rings. The zero-order valence-corrected chi connectivity index (χ0v) is 10.9. The highest BCUT2D eigenvalue weighted by molar-refractivity contribution is 5.95. The smallest absolute Gasteiger partial charge is 0.251 e. The number of benzene rings is 1. The third kappa shape index (κ3) is 3.55. The lowest BCUT2D eigenvalue weighted by Crippen LogP contribution is -2.26. The molecule has 3 N–H and O–H groups in total. The number of nitrogen functional groups attached to an aromatic ring is 1. The molecule has 0 atom stereocenters. The van der Waals surface area contributed by atoms with Gasteiger partial charge in [-0.25, -0.2) is 0 Å². The lowest BCUT2D eigenvalue weighted by Gasteiger charge is -2.08. The van der Waals surface area contributed by atoms with Crippen molar-refractivity contribution in [3.05, 3.63) is 59.4 Å². The molecule has 0 saturated heterocycles. The molecular formula is C15H17N3O. The van der Waals surface area contributed by atoms with Gasteiger partial charge in [0.05, 0.1) is 0 Å². The number of hydrogen-bond donors (Lipinski definition) is 2. The molecule has 0 aliphatic heterocycles. The largest absolute Gasteiger partial charge is 0.399 e. The highest BCUT2D eigenvalue weighted by Gasteiger charge is 2.08. The zero-order valence-electron chi connectivity index (χ0n) is 10.9. The average Bonchev–Trinajstić information content (AvgIpc) is 2.39. The zero-order chi connectivity index (χ0) is 13.7. The maximum absolute atomic E-state index is 12.0. The fourth-order valence-corrected chi connectivity index (χ4v) is 1.89. The van der Waals surface area contributed by atoms with E-state index < -0.39 is 0 Å². The van der Waals surface area contributed by atoms with Gasteiger partial charge in [0.25, 0.3) is 5.91 Å². The third-order valence-electron chi connectivity index (χ3n) is 2.89. The maximum Gasteiger partial charge on any atom is 0.251 e. The van der Waals surface area contributed by atoms with Crippen molar-refractivity contribution in [3.8, 4) is 0 Å². The number of nitrogens with two attached hydrogens (primary N) is 1. The van der Waals surface area contributed by atoms with Crippen molar-refractivity contribution in [3.63, 3.8) is 0 Å². The third-order valence-corrected chi connectivity index (χ3v) is 2.89. The number of carbonyl (C=O) groups is 1. The fourth-order valence-electron chi connectivity index (χ4n) is 1.89. The molecule has 4 nitrogen and oxygen atoms in total. The quantitative estimate of drug-likeness (QED) is 0.820. The number of pyridine rings is 1. The van der Waals surface area contributed by atoms with Gasteiger partial charge in [-0.3, -0.25) is 9.78 Å². The van der Waals surface area contributed by atoms with Gasteiger partial charge >= 0.3 is 0 Å². The van der Waals surface area contributed by atoms with Crippen LogP contribution in [0.1, 0.15) is 21.6 Å². The van der Waals surface area contributed by atoms with Crippen molar-refractivity contribution in [2.24, 2.45) is 0 Å². The first-order valence-electron chi connectivity index (χ1n) is 6.21. The van der Waals surface area contributed by atoms with Gasteiger partial charge in [0.2, 0.25) is 0 Å². The van der Waals surface area contributed by atoms with Crippen LogP contribution in [-0.2, 0) is 6.42 Å². The summed E-state index contributed by atoms with van der Waals surface area (Å²) in [6.07, 6.45) is 2.47. The van der Waals surface area contributed by atoms with Crippen molar-refractivity contribution >= 4 is 11.6 Å². The summed E-state index contributed by atoms with van der Waals surface area (Å²) in [7, 11) is 0. The Hall–Kier alpha value is -2.36. The van der Waals surface area contributed by atoms with E-state index in [1.54, 1.807) is 24.4 Å². The Kier molecular flexibility index (Phi) is 4.13. The summed E-state index contributed by atoms with van der Waals surface area (Å²) < 4.78 is 0. The molecule has 0 unspecified atom stereocenters. The van der Waals surface area contributed by atoms with Gasteiger partial charge in [-0.15, -0.1) is 0 Å². The Bertz CT molecular complexity index is 567. The minimum absolute atomic E-state index is 0.0755. The summed E-state index contributed by atoms with van der Waals surface area (Å²) in [5, 5.41) is 2.89. The van der Waals surface area contributed by atoms with Crippen LogP contribution in [0.3, 0.4) is 0 Å². The second-order valence-electron chi connectivity index (χ2n) is 4.40. The van der Waals surface area contributed by atoms with Gasteiger partial charge in [0.15, 0.2) is 0 Å². The van der Waals surface area contributed by atoms with E-state index in [0.29, 0.717) is 17.8 Å². The molecule has 19 heavy (non-hydrogen) atoms. The lowest BCUT2D eigenvalue weighted by molar-refractivity contribution is 0.0953. The predicted octanol–water partition coefficient (Wildman–Crippen LogP) is 1.94. The van der Waals surface area contributed by atoms with E-state index in [9.17, 15) is 4.79 Å². The highest BCUT2D eigenvalue weighted by atomic mass is 16.1. The second kappa shape index (κ2) is 6.00. The van der Waals surface area contributed by atoms with Crippen molar-refractivity contribution in [2.45, 2.75) is 13.3 Å². The van der Waals surface area contributed by atoms with Crippen molar-refractivity contribution in [1.29, 1.82) is 0 Å². The van der Waals surface area contributed by atoms with Crippen LogP contribution >= 0.6 is 0 Å². The second-order valence-corrected chi connectivity index (χ2v) is 4.40. The maximum atomic E-state index is 12.0. The molecule has 0 aliphatic carbocycles. The first-order valence-corrected chi connectivity index (χ1v) is 6.21. The molecule has 1 aromatic carbocycles. The number of anilines is 1. The number of amides is 1. The molecule has 0 bridgehead atoms. The Balaban J connectivity index is 1.91. The molecule has 2 rings (SSSR count). The average molecular weight is 255 g/mol. The van der Waals surface area contributed by atoms with Gasteiger partial charge in [0.1, 0.15) is 0 Å². The van der Waals surface area contributed by atoms with Crippen molar-refractivity contribution in [2.75, 3.05) is 12.3 Å². The van der Waals surface area contributed by atoms with E-state index in [0.717, 1.165) is 17.7 Å². The lowest BCUT2D eigenvalue weighted by atomic mass is 10.1. The summed E-state index contributed by atoms with van der Waals surface area (Å²) in [5.41, 5.74) is 8.85. The van der Waals surface area contributed by atoms with E-state index in [-0.39, 0.29) is 5.91 Å². The molecule has 1 heterocycles. The monoisotopic (exact) mass is 255 g/mol. The molecule has 4 heteroatoms. The molecule has 0 spiro atoms. The number of aromatic nitrogens is 1. The van der Waals surface area contributed by atoms with Crippen molar-refractivity contribution < 1.29 is 4.79 Å². The summed E-state index contributed by atoms with van der Waals surface area (Å²) in [6, 6.07) is 11.0. The molecule has 0 radical (unpaired) electrons. The standard InChI is InChI=1S/C15H17N3O/c1-11-10-12(16)5-6-14(11)15(19)18-9-7-13-4-2-3-8-17-13/h2-6,8,10H,7,9,16H2,1H3,(H,18,19). The number of hydrogen-bond acceptors (Lipinski definition) is 3.